The Morgan fingerprint density at radius 3 is 1.74 bits per heavy atom. The van der Waals surface area contributed by atoms with E-state index in [0.717, 1.165) is 27.8 Å². The van der Waals surface area contributed by atoms with E-state index >= 15 is 0 Å². The summed E-state index contributed by atoms with van der Waals surface area (Å²) in [6.45, 7) is 16.4. The van der Waals surface area contributed by atoms with Crippen molar-refractivity contribution in [1.29, 1.82) is 0 Å². The van der Waals surface area contributed by atoms with Crippen LogP contribution >= 0.6 is 12.6 Å². The van der Waals surface area contributed by atoms with Crippen molar-refractivity contribution in [3.05, 3.63) is 64.2 Å². The molecule has 0 radical (unpaired) electrons. The second-order valence-electron chi connectivity index (χ2n) is 10.4. The van der Waals surface area contributed by atoms with Gasteiger partial charge in [-0.15, -0.1) is 0 Å². The van der Waals surface area contributed by atoms with Crippen LogP contribution in [0.5, 0.6) is 5.75 Å². The monoisotopic (exact) mass is 519 g/mol. The molecule has 2 rings (SSSR count). The average molecular weight is 520 g/mol. The second kappa shape index (κ2) is 12.3. The molecule has 2 aromatic carbocycles. The van der Waals surface area contributed by atoms with E-state index in [1.54, 1.807) is 4.90 Å². The summed E-state index contributed by atoms with van der Waals surface area (Å²) in [4.78, 5) is 14.7. The van der Waals surface area contributed by atoms with E-state index in [1.807, 2.05) is 77.9 Å². The number of hydrogen-bond acceptors (Lipinski definition) is 5. The molecule has 0 aromatic heterocycles. The molecule has 35 heavy (non-hydrogen) atoms. The Bertz CT molecular complexity index is 1080. The predicted molar refractivity (Wildman–Crippen MR) is 148 cm³/mol. The number of thiol groups is 1. The fraction of sp³-hybridized carbons (Fsp3) is 0.536. The number of amides is 1. The van der Waals surface area contributed by atoms with Crippen molar-refractivity contribution < 1.29 is 17.4 Å². The van der Waals surface area contributed by atoms with Crippen LogP contribution in [0.2, 0.25) is 0 Å². The fourth-order valence-electron chi connectivity index (χ4n) is 3.88. The van der Waals surface area contributed by atoms with Crippen LogP contribution < -0.4 is 4.18 Å². The number of carbonyl (C=O) groups is 1. The molecule has 5 nitrogen and oxygen atoms in total. The molecule has 0 unspecified atom stereocenters. The smallest absolute Gasteiger partial charge is 0.318 e. The minimum atomic E-state index is -4.16. The lowest BCUT2D eigenvalue weighted by atomic mass is 9.88. The van der Waals surface area contributed by atoms with Crippen molar-refractivity contribution in [1.82, 2.24) is 4.90 Å². The van der Waals surface area contributed by atoms with Crippen molar-refractivity contribution in [2.24, 2.45) is 0 Å². The maximum Gasteiger partial charge on any atom is 0.318 e. The van der Waals surface area contributed by atoms with Gasteiger partial charge >= 0.3 is 10.1 Å². The van der Waals surface area contributed by atoms with Gasteiger partial charge in [0.25, 0.3) is 0 Å². The largest absolute Gasteiger partial charge is 0.381 e. The molecule has 7 heteroatoms. The third-order valence-corrected chi connectivity index (χ3v) is 7.48. The summed E-state index contributed by atoms with van der Waals surface area (Å²) < 4.78 is 32.0. The summed E-state index contributed by atoms with van der Waals surface area (Å²) in [5.41, 5.74) is 4.86. The van der Waals surface area contributed by atoms with Gasteiger partial charge < -0.3 is 9.08 Å². The molecule has 0 saturated heterocycles. The summed E-state index contributed by atoms with van der Waals surface area (Å²) in [5.74, 6) is 0.260. The van der Waals surface area contributed by atoms with Crippen LogP contribution in [0.1, 0.15) is 101 Å². The van der Waals surface area contributed by atoms with E-state index in [9.17, 15) is 13.2 Å². The van der Waals surface area contributed by atoms with Crippen LogP contribution in [-0.2, 0) is 27.2 Å². The van der Waals surface area contributed by atoms with Gasteiger partial charge in [0.15, 0.2) is 5.75 Å². The summed E-state index contributed by atoms with van der Waals surface area (Å²) in [5, 5.41) is 0. The highest BCUT2D eigenvalue weighted by Gasteiger charge is 2.28. The van der Waals surface area contributed by atoms with E-state index in [2.05, 4.69) is 26.5 Å². The molecule has 0 heterocycles. The van der Waals surface area contributed by atoms with Crippen LogP contribution in [0, 0.1) is 0 Å². The highest BCUT2D eigenvalue weighted by Crippen LogP contribution is 2.38. The molecule has 0 atom stereocenters. The molecular weight excluding hydrogens is 478 g/mol. The topological polar surface area (TPSA) is 63.7 Å². The lowest BCUT2D eigenvalue weighted by molar-refractivity contribution is -0.130. The molecular formula is C28H41NO4S2. The molecule has 1 amide bonds. The van der Waals surface area contributed by atoms with Gasteiger partial charge in [-0.3, -0.25) is 4.79 Å². The predicted octanol–water partition coefficient (Wildman–Crippen LogP) is 6.63. The van der Waals surface area contributed by atoms with E-state index in [0.29, 0.717) is 24.0 Å². The van der Waals surface area contributed by atoms with Gasteiger partial charge in [-0.05, 0) is 59.4 Å². The molecule has 0 N–H and O–H groups in total. The molecule has 0 bridgehead atoms. The normalized spacial score (nSPS) is 12.1. The third-order valence-electron chi connectivity index (χ3n) is 6.09. The summed E-state index contributed by atoms with van der Waals surface area (Å²) in [7, 11) is -4.16. The first-order valence-corrected chi connectivity index (χ1v) is 14.5. The highest BCUT2D eigenvalue weighted by atomic mass is 32.2. The number of carbonyl (C=O) groups excluding carboxylic acids is 1. The minimum Gasteiger partial charge on any atom is -0.381 e. The van der Waals surface area contributed by atoms with Gasteiger partial charge in [-0.1, -0.05) is 77.9 Å². The zero-order chi connectivity index (χ0) is 26.5. The maximum absolute atomic E-state index is 13.2. The second-order valence-corrected chi connectivity index (χ2v) is 12.3. The number of hydrogen-bond donors (Lipinski definition) is 1. The Morgan fingerprint density at radius 2 is 1.34 bits per heavy atom. The van der Waals surface area contributed by atoms with E-state index in [4.69, 9.17) is 4.18 Å². The lowest BCUT2D eigenvalue weighted by Crippen LogP contribution is -2.40. The molecule has 0 spiro atoms. The number of nitrogens with zero attached hydrogens (tertiary/aromatic N) is 1. The van der Waals surface area contributed by atoms with Crippen LogP contribution in [0.4, 0.5) is 0 Å². The Labute approximate surface area is 217 Å². The van der Waals surface area contributed by atoms with Gasteiger partial charge in [-0.25, -0.2) is 0 Å². The highest BCUT2D eigenvalue weighted by molar-refractivity contribution is 7.87. The zero-order valence-corrected chi connectivity index (χ0v) is 24.0. The van der Waals surface area contributed by atoms with Gasteiger partial charge in [0, 0.05) is 18.3 Å². The van der Waals surface area contributed by atoms with Crippen molar-refractivity contribution in [2.45, 2.75) is 91.5 Å². The molecule has 0 aliphatic heterocycles. The Kier molecular flexibility index (Phi) is 10.3. The Balaban J connectivity index is 2.34. The number of rotatable bonds is 11. The maximum atomic E-state index is 13.2. The van der Waals surface area contributed by atoms with E-state index in [1.165, 1.54) is 0 Å². The van der Waals surface area contributed by atoms with Crippen molar-refractivity contribution >= 4 is 28.7 Å². The SMILES string of the molecule is CC(C)c1cc(C(C)C)c(OS(=O)(=O)CC(=O)N(Cc2ccc(CS)cc2)C(C)C)c(C(C)C)c1. The van der Waals surface area contributed by atoms with Gasteiger partial charge in [0.05, 0.1) is 0 Å². The zero-order valence-electron chi connectivity index (χ0n) is 22.3. The Morgan fingerprint density at radius 1 is 0.857 bits per heavy atom. The van der Waals surface area contributed by atoms with Gasteiger partial charge in [0.2, 0.25) is 5.91 Å². The van der Waals surface area contributed by atoms with Gasteiger partial charge in [0.1, 0.15) is 5.75 Å². The molecule has 0 fully saturated rings. The lowest BCUT2D eigenvalue weighted by Gasteiger charge is -2.27. The standard InChI is InChI=1S/C28H41NO4S2/c1-18(2)24-13-25(19(3)4)28(26(14-24)20(5)6)33-35(31,32)17-27(30)29(21(7)8)15-22-9-11-23(16-34)12-10-22/h9-14,18-21,34H,15-17H2,1-8H3. The van der Waals surface area contributed by atoms with Crippen molar-refractivity contribution in [3.8, 4) is 5.75 Å². The van der Waals surface area contributed by atoms with Crippen molar-refractivity contribution in [2.75, 3.05) is 5.75 Å². The van der Waals surface area contributed by atoms with E-state index in [-0.39, 0.29) is 17.9 Å². The molecule has 0 saturated carbocycles. The summed E-state index contributed by atoms with van der Waals surface area (Å²) in [6.07, 6.45) is 0. The average Bonchev–Trinajstić information content (AvgIpc) is 2.76. The fourth-order valence-corrected chi connectivity index (χ4v) is 5.07. The van der Waals surface area contributed by atoms with Gasteiger partial charge in [-0.2, -0.15) is 21.0 Å². The molecule has 2 aromatic rings. The first kappa shape index (κ1) is 29.2. The molecule has 194 valence electrons. The quantitative estimate of drug-likeness (QED) is 0.267. The first-order valence-electron chi connectivity index (χ1n) is 12.3. The summed E-state index contributed by atoms with van der Waals surface area (Å²) >= 11 is 4.28. The van der Waals surface area contributed by atoms with Crippen molar-refractivity contribution in [3.63, 3.8) is 0 Å². The van der Waals surface area contributed by atoms with Crippen LogP contribution in [0.15, 0.2) is 36.4 Å². The van der Waals surface area contributed by atoms with E-state index < -0.39 is 21.8 Å². The molecule has 0 aliphatic rings. The van der Waals surface area contributed by atoms with Crippen LogP contribution in [-0.4, -0.2) is 31.0 Å². The number of benzene rings is 2. The Hall–Kier alpha value is -1.99. The van der Waals surface area contributed by atoms with Crippen LogP contribution in [0.3, 0.4) is 0 Å². The first-order chi connectivity index (χ1) is 16.3. The minimum absolute atomic E-state index is 0.0690. The third kappa shape index (κ3) is 8.01. The molecule has 0 aliphatic carbocycles. The van der Waals surface area contributed by atoms with Crippen LogP contribution in [0.25, 0.3) is 0 Å². The summed E-state index contributed by atoms with van der Waals surface area (Å²) in [6, 6.07) is 11.7.